The highest BCUT2D eigenvalue weighted by Crippen LogP contribution is 2.28. The van der Waals surface area contributed by atoms with Gasteiger partial charge in [-0.25, -0.2) is 0 Å². The van der Waals surface area contributed by atoms with E-state index >= 15 is 0 Å². The molecular weight excluding hydrogens is 302 g/mol. The van der Waals surface area contributed by atoms with Crippen LogP contribution in [0, 0.1) is 5.92 Å². The summed E-state index contributed by atoms with van der Waals surface area (Å²) < 4.78 is 6.72. The van der Waals surface area contributed by atoms with Crippen molar-refractivity contribution in [2.75, 3.05) is 19.7 Å². The first-order valence-electron chi connectivity index (χ1n) is 6.91. The third kappa shape index (κ3) is 4.66. The van der Waals surface area contributed by atoms with E-state index in [4.69, 9.17) is 4.74 Å². The molecule has 1 atom stereocenters. The second-order valence-corrected chi connectivity index (χ2v) is 6.28. The van der Waals surface area contributed by atoms with E-state index in [1.54, 1.807) is 0 Å². The minimum atomic E-state index is 0.574. The van der Waals surface area contributed by atoms with Gasteiger partial charge in [-0.2, -0.15) is 0 Å². The molecule has 0 radical (unpaired) electrons. The molecular formula is C16H22BrNO. The van der Waals surface area contributed by atoms with Gasteiger partial charge in [0.05, 0.1) is 4.47 Å². The Morgan fingerprint density at radius 2 is 2.37 bits per heavy atom. The minimum absolute atomic E-state index is 0.574. The summed E-state index contributed by atoms with van der Waals surface area (Å²) >= 11 is 3.59. The molecule has 1 N–H and O–H groups in total. The number of ether oxygens (including phenoxy) is 1. The molecule has 1 aromatic carbocycles. The molecule has 0 spiro atoms. The van der Waals surface area contributed by atoms with Gasteiger partial charge in [0.15, 0.2) is 0 Å². The Balaban J connectivity index is 1.95. The Morgan fingerprint density at radius 1 is 1.53 bits per heavy atom. The number of piperidine rings is 1. The fourth-order valence-corrected chi connectivity index (χ4v) is 2.96. The molecule has 19 heavy (non-hydrogen) atoms. The van der Waals surface area contributed by atoms with Gasteiger partial charge < -0.3 is 10.1 Å². The van der Waals surface area contributed by atoms with Crippen molar-refractivity contribution in [3.8, 4) is 5.75 Å². The number of halogens is 1. The Bertz CT molecular complexity index is 438. The summed E-state index contributed by atoms with van der Waals surface area (Å²) in [4.78, 5) is 0. The molecule has 1 heterocycles. The van der Waals surface area contributed by atoms with Crippen LogP contribution in [-0.2, 0) is 6.42 Å². The molecule has 0 amide bonds. The fraction of sp³-hybridized carbons (Fsp3) is 0.500. The highest BCUT2D eigenvalue weighted by molar-refractivity contribution is 9.10. The minimum Gasteiger partial charge on any atom is -0.488 e. The molecule has 0 bridgehead atoms. The molecule has 1 saturated heterocycles. The van der Waals surface area contributed by atoms with Crippen molar-refractivity contribution in [1.82, 2.24) is 5.32 Å². The van der Waals surface area contributed by atoms with Gasteiger partial charge in [0.25, 0.3) is 0 Å². The van der Waals surface area contributed by atoms with Gasteiger partial charge in [-0.15, -0.1) is 0 Å². The monoisotopic (exact) mass is 323 g/mol. The molecule has 1 aliphatic heterocycles. The number of hydrogen-bond acceptors (Lipinski definition) is 2. The zero-order chi connectivity index (χ0) is 13.7. The van der Waals surface area contributed by atoms with E-state index in [1.165, 1.54) is 24.9 Å². The lowest BCUT2D eigenvalue weighted by molar-refractivity contribution is 0.349. The number of rotatable bonds is 5. The Morgan fingerprint density at radius 3 is 3.00 bits per heavy atom. The van der Waals surface area contributed by atoms with Crippen molar-refractivity contribution in [1.29, 1.82) is 0 Å². The molecule has 2 nitrogen and oxygen atoms in total. The molecule has 0 aromatic heterocycles. The second-order valence-electron chi connectivity index (χ2n) is 5.43. The molecule has 0 saturated carbocycles. The molecule has 1 unspecified atom stereocenters. The van der Waals surface area contributed by atoms with Crippen LogP contribution < -0.4 is 10.1 Å². The first kappa shape index (κ1) is 14.6. The predicted octanol–water partition coefficient (Wildman–Crippen LogP) is 3.95. The maximum Gasteiger partial charge on any atom is 0.133 e. The van der Waals surface area contributed by atoms with Gasteiger partial charge in [0, 0.05) is 0 Å². The Labute approximate surface area is 124 Å². The van der Waals surface area contributed by atoms with E-state index in [0.717, 1.165) is 34.7 Å². The van der Waals surface area contributed by atoms with Crippen LogP contribution in [0.5, 0.6) is 5.75 Å². The van der Waals surface area contributed by atoms with Gasteiger partial charge in [0.1, 0.15) is 12.4 Å². The van der Waals surface area contributed by atoms with E-state index < -0.39 is 0 Å². The quantitative estimate of drug-likeness (QED) is 0.828. The molecule has 3 heteroatoms. The van der Waals surface area contributed by atoms with Crippen molar-refractivity contribution in [3.63, 3.8) is 0 Å². The van der Waals surface area contributed by atoms with E-state index in [2.05, 4.69) is 46.0 Å². The van der Waals surface area contributed by atoms with Crippen LogP contribution in [0.4, 0.5) is 0 Å². The Hall–Kier alpha value is -0.800. The average molecular weight is 324 g/mol. The van der Waals surface area contributed by atoms with Crippen LogP contribution in [0.2, 0.25) is 0 Å². The largest absolute Gasteiger partial charge is 0.488 e. The predicted molar refractivity (Wildman–Crippen MR) is 83.7 cm³/mol. The van der Waals surface area contributed by atoms with Crippen LogP contribution >= 0.6 is 15.9 Å². The lowest BCUT2D eigenvalue weighted by Gasteiger charge is -2.23. The number of nitrogens with one attached hydrogen (secondary N) is 1. The van der Waals surface area contributed by atoms with Crippen molar-refractivity contribution < 1.29 is 4.74 Å². The van der Waals surface area contributed by atoms with E-state index in [9.17, 15) is 0 Å². The van der Waals surface area contributed by atoms with Gasteiger partial charge in [0.2, 0.25) is 0 Å². The summed E-state index contributed by atoms with van der Waals surface area (Å²) in [5.74, 6) is 1.66. The summed E-state index contributed by atoms with van der Waals surface area (Å²) in [6.45, 7) is 8.71. The fourth-order valence-electron chi connectivity index (χ4n) is 2.42. The van der Waals surface area contributed by atoms with Gasteiger partial charge >= 0.3 is 0 Å². The lowest BCUT2D eigenvalue weighted by atomic mass is 9.92. The Kier molecular flexibility index (Phi) is 5.46. The molecule has 2 rings (SSSR count). The van der Waals surface area contributed by atoms with E-state index in [-0.39, 0.29) is 0 Å². The normalized spacial score (nSPS) is 19.2. The summed E-state index contributed by atoms with van der Waals surface area (Å²) in [6, 6.07) is 6.41. The maximum absolute atomic E-state index is 5.68. The van der Waals surface area contributed by atoms with Crippen LogP contribution in [0.15, 0.2) is 34.8 Å². The van der Waals surface area contributed by atoms with Crippen molar-refractivity contribution >= 4 is 15.9 Å². The van der Waals surface area contributed by atoms with Crippen LogP contribution in [-0.4, -0.2) is 19.7 Å². The number of hydrogen-bond donors (Lipinski definition) is 1. The number of benzene rings is 1. The molecule has 0 aliphatic carbocycles. The van der Waals surface area contributed by atoms with Gasteiger partial charge in [-0.1, -0.05) is 12.6 Å². The lowest BCUT2D eigenvalue weighted by Crippen LogP contribution is -2.30. The van der Waals surface area contributed by atoms with Gasteiger partial charge in [-0.05, 0) is 84.4 Å². The standard InChI is InChI=1S/C16H22BrNO/c1-12(2)11-19-16-6-5-13(9-15(16)17)8-14-4-3-7-18-10-14/h5-6,9,14,18H,1,3-4,7-8,10-11H2,2H3. The first-order chi connectivity index (χ1) is 9.15. The van der Waals surface area contributed by atoms with Crippen LogP contribution in [0.3, 0.4) is 0 Å². The third-order valence-corrected chi connectivity index (χ3v) is 4.01. The maximum atomic E-state index is 5.68. The average Bonchev–Trinajstić information content (AvgIpc) is 2.39. The first-order valence-corrected chi connectivity index (χ1v) is 7.71. The van der Waals surface area contributed by atoms with Crippen LogP contribution in [0.25, 0.3) is 0 Å². The molecule has 1 aromatic rings. The van der Waals surface area contributed by atoms with Crippen LogP contribution in [0.1, 0.15) is 25.3 Å². The van der Waals surface area contributed by atoms with Crippen molar-refractivity contribution in [3.05, 3.63) is 40.4 Å². The molecule has 104 valence electrons. The highest BCUT2D eigenvalue weighted by Gasteiger charge is 2.14. The second kappa shape index (κ2) is 7.11. The SMILES string of the molecule is C=C(C)COc1ccc(CC2CCCNC2)cc1Br. The molecule has 1 fully saturated rings. The smallest absolute Gasteiger partial charge is 0.133 e. The highest BCUT2D eigenvalue weighted by atomic mass is 79.9. The van der Waals surface area contributed by atoms with Crippen molar-refractivity contribution in [2.45, 2.75) is 26.2 Å². The topological polar surface area (TPSA) is 21.3 Å². The molecule has 1 aliphatic rings. The third-order valence-electron chi connectivity index (χ3n) is 3.39. The van der Waals surface area contributed by atoms with Crippen molar-refractivity contribution in [2.24, 2.45) is 5.92 Å². The van der Waals surface area contributed by atoms with E-state index in [0.29, 0.717) is 6.61 Å². The van der Waals surface area contributed by atoms with E-state index in [1.807, 2.05) is 6.92 Å². The summed E-state index contributed by atoms with van der Waals surface area (Å²) in [7, 11) is 0. The zero-order valence-corrected chi connectivity index (χ0v) is 13.1. The zero-order valence-electron chi connectivity index (χ0n) is 11.5. The summed E-state index contributed by atoms with van der Waals surface area (Å²) in [6.07, 6.45) is 3.77. The van der Waals surface area contributed by atoms with Gasteiger partial charge in [-0.3, -0.25) is 0 Å². The summed E-state index contributed by atoms with van der Waals surface area (Å²) in [5.41, 5.74) is 2.41. The summed E-state index contributed by atoms with van der Waals surface area (Å²) in [5, 5.41) is 3.47.